The zero-order valence-corrected chi connectivity index (χ0v) is 12.8. The van der Waals surface area contributed by atoms with E-state index >= 15 is 0 Å². The number of nitrogens with zero attached hydrogens (tertiary/aromatic N) is 3. The summed E-state index contributed by atoms with van der Waals surface area (Å²) in [5, 5.41) is 6.66. The third-order valence-electron chi connectivity index (χ3n) is 3.33. The normalized spacial score (nSPS) is 11.2. The zero-order chi connectivity index (χ0) is 14.8. The van der Waals surface area contributed by atoms with E-state index in [4.69, 9.17) is 28.9 Å². The van der Waals surface area contributed by atoms with E-state index in [1.807, 2.05) is 22.9 Å². The molecule has 4 nitrogen and oxygen atoms in total. The van der Waals surface area contributed by atoms with Crippen molar-refractivity contribution in [3.05, 3.63) is 46.7 Å². The third kappa shape index (κ3) is 2.62. The summed E-state index contributed by atoms with van der Waals surface area (Å²) in [6.07, 6.45) is 4.42. The second-order valence-electron chi connectivity index (χ2n) is 4.71. The third-order valence-corrected chi connectivity index (χ3v) is 4.15. The van der Waals surface area contributed by atoms with Gasteiger partial charge in [-0.1, -0.05) is 35.3 Å². The molecule has 21 heavy (non-hydrogen) atoms. The fraction of sp³-hybridized carbons (Fsp3) is 0.200. The first kappa shape index (κ1) is 14.3. The fourth-order valence-electron chi connectivity index (χ4n) is 2.32. The van der Waals surface area contributed by atoms with Crippen LogP contribution in [0.3, 0.4) is 0 Å². The predicted molar refractivity (Wildman–Crippen MR) is 86.7 cm³/mol. The lowest BCUT2D eigenvalue weighted by Crippen LogP contribution is -2.06. The molecule has 0 aliphatic rings. The Balaban J connectivity index is 2.21. The van der Waals surface area contributed by atoms with Gasteiger partial charge in [0.25, 0.3) is 0 Å². The van der Waals surface area contributed by atoms with E-state index in [1.54, 1.807) is 18.5 Å². The smallest absolute Gasteiger partial charge is 0.103 e. The maximum atomic E-state index is 6.32. The number of nitrogens with two attached hydrogens (primary N) is 1. The van der Waals surface area contributed by atoms with E-state index in [0.29, 0.717) is 16.6 Å². The molecule has 3 aromatic rings. The fourth-order valence-corrected chi connectivity index (χ4v) is 2.71. The topological polar surface area (TPSA) is 56.7 Å². The molecule has 0 bridgehead atoms. The highest BCUT2D eigenvalue weighted by molar-refractivity contribution is 6.43. The summed E-state index contributed by atoms with van der Waals surface area (Å²) in [6, 6.07) is 7.49. The molecule has 0 spiro atoms. The average molecular weight is 321 g/mol. The number of aryl methyl sites for hydroxylation is 1. The van der Waals surface area contributed by atoms with E-state index in [9.17, 15) is 0 Å². The summed E-state index contributed by atoms with van der Waals surface area (Å²) in [5.74, 6) is 0. The number of fused-ring (bicyclic) bond motifs is 1. The highest BCUT2D eigenvalue weighted by Gasteiger charge is 2.15. The Morgan fingerprint density at radius 1 is 1.19 bits per heavy atom. The number of aromatic nitrogens is 3. The van der Waals surface area contributed by atoms with Crippen molar-refractivity contribution < 1.29 is 0 Å². The molecule has 0 aliphatic heterocycles. The van der Waals surface area contributed by atoms with Crippen LogP contribution in [0.15, 0.2) is 36.7 Å². The van der Waals surface area contributed by atoms with Gasteiger partial charge in [-0.05, 0) is 25.1 Å². The summed E-state index contributed by atoms with van der Waals surface area (Å²) in [6.45, 7) is 1.38. The second kappa shape index (κ2) is 6.02. The number of benzene rings is 1. The van der Waals surface area contributed by atoms with Gasteiger partial charge in [0.15, 0.2) is 0 Å². The molecule has 6 heteroatoms. The summed E-state index contributed by atoms with van der Waals surface area (Å²) in [4.78, 5) is 4.19. The molecule has 0 fully saturated rings. The molecular formula is C15H14Cl2N4. The first-order valence-electron chi connectivity index (χ1n) is 6.67. The highest BCUT2D eigenvalue weighted by atomic mass is 35.5. The minimum atomic E-state index is 0.508. The van der Waals surface area contributed by atoms with Crippen molar-refractivity contribution >= 4 is 34.1 Å². The Labute approximate surface area is 132 Å². The molecule has 2 N–H and O–H groups in total. The lowest BCUT2D eigenvalue weighted by Gasteiger charge is -2.03. The number of pyridine rings is 1. The summed E-state index contributed by atoms with van der Waals surface area (Å²) < 4.78 is 1.94. The summed E-state index contributed by atoms with van der Waals surface area (Å²) in [5.41, 5.74) is 8.22. The largest absolute Gasteiger partial charge is 0.330 e. The van der Waals surface area contributed by atoms with Crippen LogP contribution in [0.4, 0.5) is 0 Å². The number of hydrogen-bond acceptors (Lipinski definition) is 3. The molecular weight excluding hydrogens is 307 g/mol. The lowest BCUT2D eigenvalue weighted by molar-refractivity contribution is 0.604. The zero-order valence-electron chi connectivity index (χ0n) is 11.3. The standard InChI is InChI=1S/C15H14Cl2N4/c16-12-4-1-3-10(14(12)17)15-11-9-19-7-5-13(11)21(20-15)8-2-6-18/h1,3-5,7,9H,2,6,8,18H2. The van der Waals surface area contributed by atoms with Crippen LogP contribution >= 0.6 is 23.2 Å². The molecule has 0 amide bonds. The minimum absolute atomic E-state index is 0.508. The van der Waals surface area contributed by atoms with E-state index in [-0.39, 0.29) is 0 Å². The van der Waals surface area contributed by atoms with Gasteiger partial charge in [0, 0.05) is 29.9 Å². The van der Waals surface area contributed by atoms with Crippen LogP contribution in [-0.2, 0) is 6.54 Å². The molecule has 0 atom stereocenters. The van der Waals surface area contributed by atoms with Crippen molar-refractivity contribution in [2.24, 2.45) is 5.73 Å². The highest BCUT2D eigenvalue weighted by Crippen LogP contribution is 2.36. The molecule has 3 rings (SSSR count). The monoisotopic (exact) mass is 320 g/mol. The molecule has 2 aromatic heterocycles. The maximum Gasteiger partial charge on any atom is 0.103 e. The van der Waals surface area contributed by atoms with Crippen molar-refractivity contribution in [1.82, 2.24) is 14.8 Å². The molecule has 1 aromatic carbocycles. The molecule has 0 saturated carbocycles. The van der Waals surface area contributed by atoms with Crippen LogP contribution in [-0.4, -0.2) is 21.3 Å². The Hall–Kier alpha value is -1.62. The van der Waals surface area contributed by atoms with Crippen molar-refractivity contribution in [3.63, 3.8) is 0 Å². The van der Waals surface area contributed by atoms with Gasteiger partial charge >= 0.3 is 0 Å². The van der Waals surface area contributed by atoms with Gasteiger partial charge in [-0.3, -0.25) is 9.67 Å². The molecule has 2 heterocycles. The lowest BCUT2D eigenvalue weighted by atomic mass is 10.1. The predicted octanol–water partition coefficient (Wildman–Crippen LogP) is 3.75. The van der Waals surface area contributed by atoms with Crippen molar-refractivity contribution in [2.45, 2.75) is 13.0 Å². The van der Waals surface area contributed by atoms with E-state index in [0.717, 1.165) is 35.1 Å². The molecule has 0 unspecified atom stereocenters. The van der Waals surface area contributed by atoms with E-state index in [2.05, 4.69) is 10.1 Å². The van der Waals surface area contributed by atoms with Crippen LogP contribution in [0.1, 0.15) is 6.42 Å². The Morgan fingerprint density at radius 3 is 2.86 bits per heavy atom. The van der Waals surface area contributed by atoms with Gasteiger partial charge in [0.2, 0.25) is 0 Å². The minimum Gasteiger partial charge on any atom is -0.330 e. The van der Waals surface area contributed by atoms with Crippen LogP contribution in [0, 0.1) is 0 Å². The Morgan fingerprint density at radius 2 is 2.05 bits per heavy atom. The molecule has 0 radical (unpaired) electrons. The first-order valence-corrected chi connectivity index (χ1v) is 7.43. The van der Waals surface area contributed by atoms with Crippen LogP contribution < -0.4 is 5.73 Å². The number of hydrogen-bond donors (Lipinski definition) is 1. The van der Waals surface area contributed by atoms with Gasteiger partial charge in [0.1, 0.15) is 5.69 Å². The van der Waals surface area contributed by atoms with Gasteiger partial charge in [-0.25, -0.2) is 0 Å². The SMILES string of the molecule is NCCCn1nc(-c2cccc(Cl)c2Cl)c2cnccc21. The first-order chi connectivity index (χ1) is 10.2. The summed E-state index contributed by atoms with van der Waals surface area (Å²) >= 11 is 12.4. The van der Waals surface area contributed by atoms with Crippen LogP contribution in [0.2, 0.25) is 10.0 Å². The Kier molecular flexibility index (Phi) is 4.10. The Bertz CT molecular complexity index is 782. The van der Waals surface area contributed by atoms with E-state index in [1.165, 1.54) is 0 Å². The number of rotatable bonds is 4. The quantitative estimate of drug-likeness (QED) is 0.796. The molecule has 0 saturated heterocycles. The van der Waals surface area contributed by atoms with Crippen LogP contribution in [0.25, 0.3) is 22.2 Å². The van der Waals surface area contributed by atoms with E-state index < -0.39 is 0 Å². The van der Waals surface area contributed by atoms with Crippen LogP contribution in [0.5, 0.6) is 0 Å². The molecule has 108 valence electrons. The second-order valence-corrected chi connectivity index (χ2v) is 5.49. The summed E-state index contributed by atoms with van der Waals surface area (Å²) in [7, 11) is 0. The van der Waals surface area contributed by atoms with Gasteiger partial charge < -0.3 is 5.73 Å². The van der Waals surface area contributed by atoms with Gasteiger partial charge in [0.05, 0.1) is 15.6 Å². The average Bonchev–Trinajstić information content (AvgIpc) is 2.87. The maximum absolute atomic E-state index is 6.32. The number of halogens is 2. The van der Waals surface area contributed by atoms with Crippen molar-refractivity contribution in [2.75, 3.05) is 6.54 Å². The van der Waals surface area contributed by atoms with Gasteiger partial charge in [-0.15, -0.1) is 0 Å². The van der Waals surface area contributed by atoms with Crippen molar-refractivity contribution in [3.8, 4) is 11.3 Å². The van der Waals surface area contributed by atoms with Crippen molar-refractivity contribution in [1.29, 1.82) is 0 Å². The van der Waals surface area contributed by atoms with Gasteiger partial charge in [-0.2, -0.15) is 5.10 Å². The molecule has 0 aliphatic carbocycles.